The van der Waals surface area contributed by atoms with Gasteiger partial charge >= 0.3 is 0 Å². The van der Waals surface area contributed by atoms with E-state index in [2.05, 4.69) is 30.0 Å². The van der Waals surface area contributed by atoms with Crippen LogP contribution in [0.1, 0.15) is 30.6 Å². The molecule has 0 saturated carbocycles. The number of hydrogen-bond acceptors (Lipinski definition) is 5. The summed E-state index contributed by atoms with van der Waals surface area (Å²) in [4.78, 5) is 24.4. The van der Waals surface area contributed by atoms with Crippen molar-refractivity contribution in [3.8, 4) is 11.5 Å². The zero-order valence-electron chi connectivity index (χ0n) is 17.0. The van der Waals surface area contributed by atoms with E-state index in [9.17, 15) is 9.59 Å². The summed E-state index contributed by atoms with van der Waals surface area (Å²) in [5, 5.41) is 3.14. The Labute approximate surface area is 196 Å². The number of benzene rings is 2. The van der Waals surface area contributed by atoms with Gasteiger partial charge in [0.1, 0.15) is 11.5 Å². The Balaban J connectivity index is 1.80. The highest BCUT2D eigenvalue weighted by Crippen LogP contribution is 2.27. The maximum Gasteiger partial charge on any atom is 0.276 e. The maximum atomic E-state index is 12.5. The van der Waals surface area contributed by atoms with Crippen LogP contribution < -0.4 is 25.6 Å². The number of carbonyl (C=O) groups is 2. The van der Waals surface area contributed by atoms with E-state index in [1.807, 2.05) is 0 Å². The lowest BCUT2D eigenvalue weighted by molar-refractivity contribution is -0.123. The van der Waals surface area contributed by atoms with Gasteiger partial charge in [0.25, 0.3) is 11.8 Å². The first-order valence-electron chi connectivity index (χ1n) is 9.46. The van der Waals surface area contributed by atoms with Crippen LogP contribution in [0.2, 0.25) is 10.0 Å². The number of amides is 2. The zero-order valence-corrected chi connectivity index (χ0v) is 19.4. The predicted molar refractivity (Wildman–Crippen MR) is 125 cm³/mol. The molecule has 0 saturated heterocycles. The Morgan fingerprint density at radius 1 is 1.03 bits per heavy atom. The monoisotopic (exact) mass is 483 g/mol. The van der Waals surface area contributed by atoms with Crippen LogP contribution in [0.4, 0.5) is 0 Å². The van der Waals surface area contributed by atoms with Crippen molar-refractivity contribution < 1.29 is 19.1 Å². The first-order chi connectivity index (χ1) is 14.8. The Morgan fingerprint density at radius 3 is 2.48 bits per heavy atom. The number of nitrogens with one attached hydrogen (secondary N) is 3. The molecule has 10 heteroatoms. The second-order valence-corrected chi connectivity index (χ2v) is 8.10. The molecule has 0 unspecified atom stereocenters. The van der Waals surface area contributed by atoms with Crippen molar-refractivity contribution in [3.05, 3.63) is 58.1 Å². The lowest BCUT2D eigenvalue weighted by Gasteiger charge is -2.14. The molecule has 0 spiro atoms. The molecule has 0 radical (unpaired) electrons. The molecule has 3 N–H and O–H groups in total. The van der Waals surface area contributed by atoms with Gasteiger partial charge in [0.05, 0.1) is 17.2 Å². The van der Waals surface area contributed by atoms with Gasteiger partial charge in [-0.1, -0.05) is 49.2 Å². The zero-order chi connectivity index (χ0) is 22.8. The van der Waals surface area contributed by atoms with Crippen molar-refractivity contribution in [2.24, 2.45) is 5.92 Å². The number of thiocarbonyl (C=S) groups is 1. The van der Waals surface area contributed by atoms with Gasteiger partial charge in [-0.2, -0.15) is 0 Å². The molecular formula is C21H23Cl2N3O4S. The molecule has 0 bridgehead atoms. The van der Waals surface area contributed by atoms with Gasteiger partial charge in [0.2, 0.25) is 0 Å². The lowest BCUT2D eigenvalue weighted by Crippen LogP contribution is -2.49. The van der Waals surface area contributed by atoms with Crippen LogP contribution in [0.5, 0.6) is 11.5 Å². The Kier molecular flexibility index (Phi) is 9.84. The third-order valence-electron chi connectivity index (χ3n) is 3.88. The molecule has 2 aromatic rings. The molecule has 7 nitrogen and oxygen atoms in total. The molecule has 0 heterocycles. The van der Waals surface area contributed by atoms with Crippen molar-refractivity contribution in [2.45, 2.75) is 20.3 Å². The van der Waals surface area contributed by atoms with Gasteiger partial charge < -0.3 is 9.47 Å². The van der Waals surface area contributed by atoms with Gasteiger partial charge in [-0.25, -0.2) is 0 Å². The van der Waals surface area contributed by atoms with Crippen molar-refractivity contribution in [2.75, 3.05) is 13.2 Å². The molecule has 31 heavy (non-hydrogen) atoms. The summed E-state index contributed by atoms with van der Waals surface area (Å²) in [7, 11) is 0. The predicted octanol–water partition coefficient (Wildman–Crippen LogP) is 4.13. The van der Waals surface area contributed by atoms with Gasteiger partial charge in [-0.05, 0) is 54.9 Å². The van der Waals surface area contributed by atoms with E-state index >= 15 is 0 Å². The smallest absolute Gasteiger partial charge is 0.276 e. The second kappa shape index (κ2) is 12.3. The molecule has 0 fully saturated rings. The number of halogens is 2. The Hall–Kier alpha value is -2.55. The summed E-state index contributed by atoms with van der Waals surface area (Å²) in [5.74, 6) is 0.268. The van der Waals surface area contributed by atoms with Crippen LogP contribution in [0.25, 0.3) is 0 Å². The highest BCUT2D eigenvalue weighted by Gasteiger charge is 2.14. The van der Waals surface area contributed by atoms with E-state index in [0.717, 1.165) is 6.42 Å². The van der Waals surface area contributed by atoms with Crippen LogP contribution in [-0.2, 0) is 4.79 Å². The number of carbonyl (C=O) groups excluding carboxylic acids is 2. The van der Waals surface area contributed by atoms with E-state index in [0.29, 0.717) is 34.6 Å². The summed E-state index contributed by atoms with van der Waals surface area (Å²) in [6.45, 7) is 4.36. The van der Waals surface area contributed by atoms with Crippen LogP contribution in [-0.4, -0.2) is 30.1 Å². The first-order valence-corrected chi connectivity index (χ1v) is 10.6. The summed E-state index contributed by atoms with van der Waals surface area (Å²) in [6, 6.07) is 11.5. The fraction of sp³-hybridized carbons (Fsp3) is 0.286. The molecule has 166 valence electrons. The summed E-state index contributed by atoms with van der Waals surface area (Å²) >= 11 is 16.8. The largest absolute Gasteiger partial charge is 0.493 e. The van der Waals surface area contributed by atoms with Gasteiger partial charge in [-0.15, -0.1) is 0 Å². The summed E-state index contributed by atoms with van der Waals surface area (Å²) < 4.78 is 11.0. The number of rotatable bonds is 8. The molecule has 2 aromatic carbocycles. The molecular weight excluding hydrogens is 461 g/mol. The van der Waals surface area contributed by atoms with Gasteiger partial charge in [0, 0.05) is 5.02 Å². The quantitative estimate of drug-likeness (QED) is 0.386. The first kappa shape index (κ1) is 24.7. The molecule has 0 aromatic heterocycles. The number of hydrazine groups is 1. The molecule has 0 aliphatic carbocycles. The summed E-state index contributed by atoms with van der Waals surface area (Å²) in [5.41, 5.74) is 5.11. The molecule has 2 rings (SSSR count). The topological polar surface area (TPSA) is 88.7 Å². The minimum atomic E-state index is -0.528. The van der Waals surface area contributed by atoms with Crippen LogP contribution >= 0.6 is 35.4 Å². The van der Waals surface area contributed by atoms with Gasteiger partial charge in [0.15, 0.2) is 11.7 Å². The third-order valence-corrected chi connectivity index (χ3v) is 4.61. The number of ether oxygens (including phenoxy) is 2. The normalized spacial score (nSPS) is 10.4. The number of para-hydroxylation sites is 1. The Morgan fingerprint density at radius 2 is 1.77 bits per heavy atom. The average molecular weight is 484 g/mol. The van der Waals surface area contributed by atoms with Crippen molar-refractivity contribution >= 4 is 52.3 Å². The standard InChI is InChI=1S/C21H23Cl2N3O4S/c1-13(2)9-10-29-17-6-4-3-5-15(17)20(28)24-21(31)26-25-19(27)12-30-18-8-7-14(22)11-16(18)23/h3-8,11,13H,9-10,12H2,1-2H3,(H,25,27)(H2,24,26,28,31). The van der Waals surface area contributed by atoms with E-state index in [-0.39, 0.29) is 16.7 Å². The fourth-order valence-corrected chi connectivity index (χ4v) is 2.89. The van der Waals surface area contributed by atoms with E-state index in [1.54, 1.807) is 36.4 Å². The third kappa shape index (κ3) is 8.61. The highest BCUT2D eigenvalue weighted by atomic mass is 35.5. The SMILES string of the molecule is CC(C)CCOc1ccccc1C(=O)NC(=S)NNC(=O)COc1ccc(Cl)cc1Cl. The van der Waals surface area contributed by atoms with E-state index in [1.165, 1.54) is 6.07 Å². The minimum Gasteiger partial charge on any atom is -0.493 e. The summed E-state index contributed by atoms with van der Waals surface area (Å²) in [6.07, 6.45) is 0.866. The van der Waals surface area contributed by atoms with Gasteiger partial charge in [-0.3, -0.25) is 25.8 Å². The van der Waals surface area contributed by atoms with E-state index < -0.39 is 11.8 Å². The van der Waals surface area contributed by atoms with Crippen LogP contribution in [0, 0.1) is 5.92 Å². The van der Waals surface area contributed by atoms with Crippen molar-refractivity contribution in [3.63, 3.8) is 0 Å². The van der Waals surface area contributed by atoms with E-state index in [4.69, 9.17) is 44.9 Å². The molecule has 0 aliphatic heterocycles. The second-order valence-electron chi connectivity index (χ2n) is 6.85. The molecule has 0 atom stereocenters. The average Bonchev–Trinajstić information content (AvgIpc) is 2.71. The maximum absolute atomic E-state index is 12.5. The lowest BCUT2D eigenvalue weighted by atomic mass is 10.1. The molecule has 0 aliphatic rings. The number of hydrogen-bond donors (Lipinski definition) is 3. The molecule has 2 amide bonds. The van der Waals surface area contributed by atoms with Crippen LogP contribution in [0.3, 0.4) is 0 Å². The van der Waals surface area contributed by atoms with Crippen LogP contribution in [0.15, 0.2) is 42.5 Å². The van der Waals surface area contributed by atoms with Crippen molar-refractivity contribution in [1.82, 2.24) is 16.2 Å². The van der Waals surface area contributed by atoms with Crippen molar-refractivity contribution in [1.29, 1.82) is 0 Å². The minimum absolute atomic E-state index is 0.0835. The Bertz CT molecular complexity index is 941. The highest BCUT2D eigenvalue weighted by molar-refractivity contribution is 7.80. The fourth-order valence-electron chi connectivity index (χ4n) is 2.28.